The van der Waals surface area contributed by atoms with E-state index in [1.807, 2.05) is 6.20 Å². The van der Waals surface area contributed by atoms with Crippen LogP contribution in [0.5, 0.6) is 0 Å². The van der Waals surface area contributed by atoms with Crippen molar-refractivity contribution in [1.29, 1.82) is 0 Å². The molecule has 4 heteroatoms. The van der Waals surface area contributed by atoms with Gasteiger partial charge in [0.2, 0.25) is 0 Å². The van der Waals surface area contributed by atoms with Crippen LogP contribution in [0, 0.1) is 6.92 Å². The van der Waals surface area contributed by atoms with Crippen LogP contribution in [0.3, 0.4) is 0 Å². The smallest absolute Gasteiger partial charge is 0.0750 e. The topological polar surface area (TPSA) is 37.4 Å². The maximum absolute atomic E-state index is 5.70. The number of likely N-dealkylation sites (N-methyl/N-ethyl adjacent to an activating group) is 1. The molecule has 1 aromatic rings. The van der Waals surface area contributed by atoms with Gasteiger partial charge in [-0.1, -0.05) is 6.92 Å². The Balaban J connectivity index is 2.17. The van der Waals surface area contributed by atoms with Gasteiger partial charge in [-0.15, -0.1) is 0 Å². The third-order valence-electron chi connectivity index (χ3n) is 4.05. The zero-order chi connectivity index (χ0) is 14.5. The van der Waals surface area contributed by atoms with Gasteiger partial charge in [-0.05, 0) is 39.3 Å². The standard InChI is InChI=1S/C16H27N3O/c1-5-7-17-10-14-11-18-12(2)9-16(14)19(4)15-6-8-20-13(15)3/h9,11,13,15,17H,5-8,10H2,1-4H3. The van der Waals surface area contributed by atoms with Crippen LogP contribution in [0.2, 0.25) is 0 Å². The number of hydrogen-bond acceptors (Lipinski definition) is 4. The lowest BCUT2D eigenvalue weighted by molar-refractivity contribution is 0.118. The number of pyridine rings is 1. The SMILES string of the molecule is CCCNCc1cnc(C)cc1N(C)C1CCOC1C. The highest BCUT2D eigenvalue weighted by Crippen LogP contribution is 2.27. The van der Waals surface area contributed by atoms with E-state index in [0.717, 1.165) is 38.2 Å². The number of anilines is 1. The minimum absolute atomic E-state index is 0.296. The molecule has 0 aliphatic carbocycles. The number of aromatic nitrogens is 1. The van der Waals surface area contributed by atoms with Crippen LogP contribution in [0.1, 0.15) is 37.9 Å². The van der Waals surface area contributed by atoms with Crippen LogP contribution in [-0.2, 0) is 11.3 Å². The van der Waals surface area contributed by atoms with E-state index >= 15 is 0 Å². The van der Waals surface area contributed by atoms with Gasteiger partial charge in [-0.2, -0.15) is 0 Å². The molecule has 0 amide bonds. The first-order valence-corrected chi connectivity index (χ1v) is 7.64. The molecule has 112 valence electrons. The van der Waals surface area contributed by atoms with Crippen molar-refractivity contribution in [2.24, 2.45) is 0 Å². The van der Waals surface area contributed by atoms with Gasteiger partial charge in [0.25, 0.3) is 0 Å². The molecule has 1 fully saturated rings. The van der Waals surface area contributed by atoms with Crippen molar-refractivity contribution in [2.75, 3.05) is 25.1 Å². The Kier molecular flexibility index (Phi) is 5.38. The molecule has 20 heavy (non-hydrogen) atoms. The number of nitrogens with one attached hydrogen (secondary N) is 1. The molecule has 1 aliphatic rings. The summed E-state index contributed by atoms with van der Waals surface area (Å²) in [5, 5.41) is 3.47. The van der Waals surface area contributed by atoms with E-state index in [2.05, 4.69) is 49.1 Å². The lowest BCUT2D eigenvalue weighted by Gasteiger charge is -2.30. The summed E-state index contributed by atoms with van der Waals surface area (Å²) >= 11 is 0. The number of aryl methyl sites for hydroxylation is 1. The minimum atomic E-state index is 0.296. The average Bonchev–Trinajstić information content (AvgIpc) is 2.86. The van der Waals surface area contributed by atoms with Crippen molar-refractivity contribution in [3.63, 3.8) is 0 Å². The number of nitrogens with zero attached hydrogens (tertiary/aromatic N) is 2. The predicted octanol–water partition coefficient (Wildman–Crippen LogP) is 2.50. The highest BCUT2D eigenvalue weighted by Gasteiger charge is 2.29. The molecule has 2 heterocycles. The quantitative estimate of drug-likeness (QED) is 0.811. The Labute approximate surface area is 122 Å². The van der Waals surface area contributed by atoms with Gasteiger partial charge in [-0.3, -0.25) is 4.98 Å². The number of hydrogen-bond donors (Lipinski definition) is 1. The molecule has 0 spiro atoms. The van der Waals surface area contributed by atoms with Crippen LogP contribution in [0.15, 0.2) is 12.3 Å². The van der Waals surface area contributed by atoms with Gasteiger partial charge in [0, 0.05) is 43.3 Å². The number of ether oxygens (including phenoxy) is 1. The summed E-state index contributed by atoms with van der Waals surface area (Å²) in [4.78, 5) is 6.82. The summed E-state index contributed by atoms with van der Waals surface area (Å²) in [5.74, 6) is 0. The van der Waals surface area contributed by atoms with Gasteiger partial charge >= 0.3 is 0 Å². The van der Waals surface area contributed by atoms with Gasteiger partial charge in [0.05, 0.1) is 12.1 Å². The van der Waals surface area contributed by atoms with E-state index in [9.17, 15) is 0 Å². The van der Waals surface area contributed by atoms with Crippen molar-refractivity contribution >= 4 is 5.69 Å². The van der Waals surface area contributed by atoms with Crippen LogP contribution in [-0.4, -0.2) is 37.3 Å². The predicted molar refractivity (Wildman–Crippen MR) is 83.2 cm³/mol. The second-order valence-electron chi connectivity index (χ2n) is 5.67. The third-order valence-corrected chi connectivity index (χ3v) is 4.05. The van der Waals surface area contributed by atoms with Gasteiger partial charge in [-0.25, -0.2) is 0 Å². The maximum atomic E-state index is 5.70. The normalized spacial score (nSPS) is 22.2. The summed E-state index contributed by atoms with van der Waals surface area (Å²) < 4.78 is 5.70. The summed E-state index contributed by atoms with van der Waals surface area (Å²) in [6, 6.07) is 2.65. The first-order valence-electron chi connectivity index (χ1n) is 7.64. The minimum Gasteiger partial charge on any atom is -0.376 e. The van der Waals surface area contributed by atoms with Crippen molar-refractivity contribution < 1.29 is 4.74 Å². The van der Waals surface area contributed by atoms with E-state index in [-0.39, 0.29) is 0 Å². The monoisotopic (exact) mass is 277 g/mol. The lowest BCUT2D eigenvalue weighted by atomic mass is 10.1. The van der Waals surface area contributed by atoms with Crippen LogP contribution in [0.25, 0.3) is 0 Å². The molecular weight excluding hydrogens is 250 g/mol. The molecule has 1 aromatic heterocycles. The second-order valence-corrected chi connectivity index (χ2v) is 5.67. The second kappa shape index (κ2) is 7.04. The van der Waals surface area contributed by atoms with Crippen molar-refractivity contribution in [3.05, 3.63) is 23.5 Å². The Hall–Kier alpha value is -1.13. The molecular formula is C16H27N3O. The largest absolute Gasteiger partial charge is 0.376 e. The Bertz CT molecular complexity index is 436. The fourth-order valence-corrected chi connectivity index (χ4v) is 2.85. The van der Waals surface area contributed by atoms with E-state index in [1.165, 1.54) is 11.3 Å². The summed E-state index contributed by atoms with van der Waals surface area (Å²) in [6.45, 7) is 9.18. The van der Waals surface area contributed by atoms with Gasteiger partial charge < -0.3 is 15.0 Å². The maximum Gasteiger partial charge on any atom is 0.0750 e. The zero-order valence-electron chi connectivity index (χ0n) is 13.1. The van der Waals surface area contributed by atoms with Crippen molar-refractivity contribution in [1.82, 2.24) is 10.3 Å². The zero-order valence-corrected chi connectivity index (χ0v) is 13.1. The highest BCUT2D eigenvalue weighted by atomic mass is 16.5. The molecule has 1 N–H and O–H groups in total. The molecule has 0 saturated carbocycles. The Morgan fingerprint density at radius 1 is 1.50 bits per heavy atom. The summed E-state index contributed by atoms with van der Waals surface area (Å²) in [5.41, 5.74) is 3.62. The highest BCUT2D eigenvalue weighted by molar-refractivity contribution is 5.54. The van der Waals surface area contributed by atoms with E-state index in [4.69, 9.17) is 4.74 Å². The molecule has 1 aliphatic heterocycles. The molecule has 2 unspecified atom stereocenters. The molecule has 1 saturated heterocycles. The first kappa shape index (κ1) is 15.3. The molecule has 0 bridgehead atoms. The van der Waals surface area contributed by atoms with E-state index < -0.39 is 0 Å². The van der Waals surface area contributed by atoms with Crippen LogP contribution < -0.4 is 10.2 Å². The van der Waals surface area contributed by atoms with Gasteiger partial charge in [0.1, 0.15) is 0 Å². The van der Waals surface area contributed by atoms with Crippen molar-refractivity contribution in [2.45, 2.75) is 52.3 Å². The van der Waals surface area contributed by atoms with Crippen molar-refractivity contribution in [3.8, 4) is 0 Å². The first-order chi connectivity index (χ1) is 9.63. The Morgan fingerprint density at radius 3 is 2.95 bits per heavy atom. The van der Waals surface area contributed by atoms with E-state index in [1.54, 1.807) is 0 Å². The molecule has 2 atom stereocenters. The molecule has 0 radical (unpaired) electrons. The fourth-order valence-electron chi connectivity index (χ4n) is 2.85. The summed E-state index contributed by atoms with van der Waals surface area (Å²) in [7, 11) is 2.17. The molecule has 0 aromatic carbocycles. The Morgan fingerprint density at radius 2 is 2.30 bits per heavy atom. The lowest BCUT2D eigenvalue weighted by Crippen LogP contribution is -2.37. The molecule has 4 nitrogen and oxygen atoms in total. The molecule has 2 rings (SSSR count). The van der Waals surface area contributed by atoms with E-state index in [0.29, 0.717) is 12.1 Å². The summed E-state index contributed by atoms with van der Waals surface area (Å²) in [6.07, 6.45) is 4.55. The third kappa shape index (κ3) is 3.49. The number of rotatable bonds is 6. The van der Waals surface area contributed by atoms with Gasteiger partial charge in [0.15, 0.2) is 0 Å². The van der Waals surface area contributed by atoms with Crippen LogP contribution in [0.4, 0.5) is 5.69 Å². The average molecular weight is 277 g/mol. The fraction of sp³-hybridized carbons (Fsp3) is 0.688. The van der Waals surface area contributed by atoms with Crippen LogP contribution >= 0.6 is 0 Å².